The number of hydrogen-bond acceptors (Lipinski definition) is 4. The summed E-state index contributed by atoms with van der Waals surface area (Å²) >= 11 is 6.12. The van der Waals surface area contributed by atoms with Crippen molar-refractivity contribution in [2.24, 2.45) is 0 Å². The van der Waals surface area contributed by atoms with E-state index < -0.39 is 12.3 Å². The smallest absolute Gasteiger partial charge is 0.280 e. The first-order valence-electron chi connectivity index (χ1n) is 9.20. The SMILES string of the molecule is CCn1ncc(Cl)c1CNC(=O)c1cnn2c(C(F)F)cc(-c3ccccc3)nc12. The fourth-order valence-electron chi connectivity index (χ4n) is 3.15. The zero-order valence-electron chi connectivity index (χ0n) is 15.9. The molecule has 3 aromatic heterocycles. The average molecular weight is 431 g/mol. The summed E-state index contributed by atoms with van der Waals surface area (Å²) in [5, 5.41) is 11.3. The van der Waals surface area contributed by atoms with E-state index in [0.717, 1.165) is 4.52 Å². The largest absolute Gasteiger partial charge is 0.346 e. The number of alkyl halides is 2. The first-order valence-corrected chi connectivity index (χ1v) is 9.58. The molecule has 0 fully saturated rings. The minimum Gasteiger partial charge on any atom is -0.346 e. The van der Waals surface area contributed by atoms with Gasteiger partial charge >= 0.3 is 0 Å². The zero-order valence-corrected chi connectivity index (χ0v) is 16.6. The van der Waals surface area contributed by atoms with Crippen molar-refractivity contribution in [3.63, 3.8) is 0 Å². The Morgan fingerprint density at radius 3 is 2.67 bits per heavy atom. The lowest BCUT2D eigenvalue weighted by molar-refractivity contribution is 0.0951. The molecule has 1 amide bonds. The molecule has 0 radical (unpaired) electrons. The molecule has 0 bridgehead atoms. The normalized spacial score (nSPS) is 11.4. The van der Waals surface area contributed by atoms with E-state index in [2.05, 4.69) is 20.5 Å². The van der Waals surface area contributed by atoms with Gasteiger partial charge in [-0.3, -0.25) is 9.48 Å². The molecule has 0 saturated heterocycles. The molecule has 0 unspecified atom stereocenters. The average Bonchev–Trinajstić information content (AvgIpc) is 3.34. The van der Waals surface area contributed by atoms with E-state index in [0.29, 0.717) is 28.5 Å². The molecule has 30 heavy (non-hydrogen) atoms. The minimum absolute atomic E-state index is 0.0549. The van der Waals surface area contributed by atoms with E-state index in [4.69, 9.17) is 11.6 Å². The van der Waals surface area contributed by atoms with Gasteiger partial charge in [0.05, 0.1) is 35.3 Å². The van der Waals surface area contributed by atoms with Gasteiger partial charge in [0, 0.05) is 12.1 Å². The monoisotopic (exact) mass is 430 g/mol. The topological polar surface area (TPSA) is 77.1 Å². The van der Waals surface area contributed by atoms with Crippen molar-refractivity contribution in [2.75, 3.05) is 0 Å². The van der Waals surface area contributed by atoms with Crippen LogP contribution < -0.4 is 5.32 Å². The summed E-state index contributed by atoms with van der Waals surface area (Å²) in [5.41, 5.74) is 1.45. The van der Waals surface area contributed by atoms with Gasteiger partial charge in [-0.2, -0.15) is 10.2 Å². The Balaban J connectivity index is 1.71. The van der Waals surface area contributed by atoms with Gasteiger partial charge in [0.25, 0.3) is 12.3 Å². The number of halogens is 3. The number of aromatic nitrogens is 5. The molecule has 10 heteroatoms. The van der Waals surface area contributed by atoms with Crippen molar-refractivity contribution in [1.82, 2.24) is 29.7 Å². The van der Waals surface area contributed by atoms with Gasteiger partial charge < -0.3 is 5.32 Å². The van der Waals surface area contributed by atoms with Gasteiger partial charge in [-0.25, -0.2) is 18.3 Å². The van der Waals surface area contributed by atoms with E-state index in [1.54, 1.807) is 28.9 Å². The maximum Gasteiger partial charge on any atom is 0.280 e. The van der Waals surface area contributed by atoms with Crippen LogP contribution in [0.4, 0.5) is 8.78 Å². The Morgan fingerprint density at radius 1 is 1.20 bits per heavy atom. The number of carbonyl (C=O) groups is 1. The van der Waals surface area contributed by atoms with Crippen molar-refractivity contribution < 1.29 is 13.6 Å². The number of carbonyl (C=O) groups excluding carboxylic acids is 1. The number of nitrogens with zero attached hydrogens (tertiary/aromatic N) is 5. The summed E-state index contributed by atoms with van der Waals surface area (Å²) in [6, 6.07) is 10.2. The highest BCUT2D eigenvalue weighted by molar-refractivity contribution is 6.31. The molecular weight excluding hydrogens is 414 g/mol. The summed E-state index contributed by atoms with van der Waals surface area (Å²) in [7, 11) is 0. The standard InChI is InChI=1S/C20H17ClF2N6O/c1-2-28-17(14(21)10-25-28)11-24-20(30)13-9-26-29-16(18(22)23)8-15(27-19(13)29)12-6-4-3-5-7-12/h3-10,18H,2,11H2,1H3,(H,24,30). The predicted octanol–water partition coefficient (Wildman–Crippen LogP) is 4.13. The summed E-state index contributed by atoms with van der Waals surface area (Å²) in [6.45, 7) is 2.62. The molecule has 0 atom stereocenters. The number of nitrogens with one attached hydrogen (secondary N) is 1. The van der Waals surface area contributed by atoms with Gasteiger partial charge in [-0.05, 0) is 13.0 Å². The number of aryl methyl sites for hydroxylation is 1. The second-order valence-electron chi connectivity index (χ2n) is 6.46. The fraction of sp³-hybridized carbons (Fsp3) is 0.200. The molecule has 3 heterocycles. The second kappa shape index (κ2) is 8.19. The number of rotatable bonds is 6. The highest BCUT2D eigenvalue weighted by Crippen LogP contribution is 2.26. The molecular formula is C20H17ClF2N6O. The van der Waals surface area contributed by atoms with Crippen LogP contribution in [0.1, 0.15) is 35.1 Å². The van der Waals surface area contributed by atoms with E-state index >= 15 is 0 Å². The number of amides is 1. The van der Waals surface area contributed by atoms with E-state index in [1.807, 2.05) is 13.0 Å². The third-order valence-electron chi connectivity index (χ3n) is 4.65. The van der Waals surface area contributed by atoms with Crippen molar-refractivity contribution in [3.05, 3.63) is 70.8 Å². The van der Waals surface area contributed by atoms with Crippen LogP contribution in [0.25, 0.3) is 16.9 Å². The molecule has 0 saturated carbocycles. The Bertz CT molecular complexity index is 1200. The summed E-state index contributed by atoms with van der Waals surface area (Å²) in [6.07, 6.45) is -0.0480. The van der Waals surface area contributed by atoms with Crippen LogP contribution in [0.5, 0.6) is 0 Å². The first kappa shape index (κ1) is 20.0. The van der Waals surface area contributed by atoms with E-state index in [1.165, 1.54) is 18.5 Å². The summed E-state index contributed by atoms with van der Waals surface area (Å²) in [5.74, 6) is -0.497. The Morgan fingerprint density at radius 2 is 1.97 bits per heavy atom. The number of hydrogen-bond donors (Lipinski definition) is 1. The van der Waals surface area contributed by atoms with Gasteiger partial charge in [-0.15, -0.1) is 0 Å². The van der Waals surface area contributed by atoms with Gasteiger partial charge in [0.15, 0.2) is 5.65 Å². The fourth-order valence-corrected chi connectivity index (χ4v) is 3.36. The van der Waals surface area contributed by atoms with E-state index in [-0.39, 0.29) is 23.4 Å². The lowest BCUT2D eigenvalue weighted by atomic mass is 10.1. The van der Waals surface area contributed by atoms with Crippen LogP contribution in [0.15, 0.2) is 48.8 Å². The van der Waals surface area contributed by atoms with Gasteiger partial charge in [0.2, 0.25) is 0 Å². The van der Waals surface area contributed by atoms with E-state index in [9.17, 15) is 13.6 Å². The van der Waals surface area contributed by atoms with Crippen LogP contribution in [0, 0.1) is 0 Å². The van der Waals surface area contributed by atoms with Gasteiger partial charge in [0.1, 0.15) is 11.3 Å². The van der Waals surface area contributed by atoms with Crippen LogP contribution in [-0.2, 0) is 13.1 Å². The molecule has 7 nitrogen and oxygen atoms in total. The molecule has 4 rings (SSSR count). The Hall–Kier alpha value is -3.33. The minimum atomic E-state index is -2.79. The zero-order chi connectivity index (χ0) is 21.3. The summed E-state index contributed by atoms with van der Waals surface area (Å²) < 4.78 is 30.0. The predicted molar refractivity (Wildman–Crippen MR) is 107 cm³/mol. The third-order valence-corrected chi connectivity index (χ3v) is 4.97. The third kappa shape index (κ3) is 3.63. The number of fused-ring (bicyclic) bond motifs is 1. The maximum absolute atomic E-state index is 13.7. The summed E-state index contributed by atoms with van der Waals surface area (Å²) in [4.78, 5) is 17.2. The highest BCUT2D eigenvalue weighted by atomic mass is 35.5. The molecule has 1 N–H and O–H groups in total. The van der Waals surface area contributed by atoms with Crippen LogP contribution in [-0.4, -0.2) is 30.3 Å². The molecule has 154 valence electrons. The van der Waals surface area contributed by atoms with Crippen molar-refractivity contribution in [3.8, 4) is 11.3 Å². The maximum atomic E-state index is 13.7. The Labute approximate surface area is 175 Å². The lowest BCUT2D eigenvalue weighted by Crippen LogP contribution is -2.24. The highest BCUT2D eigenvalue weighted by Gasteiger charge is 2.22. The lowest BCUT2D eigenvalue weighted by Gasteiger charge is -2.09. The van der Waals surface area contributed by atoms with Gasteiger partial charge in [-0.1, -0.05) is 41.9 Å². The first-order chi connectivity index (χ1) is 14.5. The van der Waals surface area contributed by atoms with Crippen LogP contribution in [0.2, 0.25) is 5.02 Å². The second-order valence-corrected chi connectivity index (χ2v) is 6.87. The molecule has 0 aliphatic rings. The van der Waals surface area contributed by atoms with Crippen LogP contribution >= 0.6 is 11.6 Å². The molecule has 0 aliphatic carbocycles. The number of benzene rings is 1. The quantitative estimate of drug-likeness (QED) is 0.499. The van der Waals surface area contributed by atoms with Crippen molar-refractivity contribution in [1.29, 1.82) is 0 Å². The molecule has 1 aromatic carbocycles. The van der Waals surface area contributed by atoms with Crippen molar-refractivity contribution in [2.45, 2.75) is 26.4 Å². The molecule has 0 aliphatic heterocycles. The molecule has 0 spiro atoms. The van der Waals surface area contributed by atoms with Crippen molar-refractivity contribution >= 4 is 23.2 Å². The Kier molecular flexibility index (Phi) is 5.45. The van der Waals surface area contributed by atoms with Crippen LogP contribution in [0.3, 0.4) is 0 Å². The molecule has 4 aromatic rings.